The molecule has 90 valence electrons. The molecule has 1 aliphatic heterocycles. The molecule has 0 saturated carbocycles. The molecule has 1 aromatic rings. The minimum absolute atomic E-state index is 0.113. The second-order valence-corrected chi connectivity index (χ2v) is 3.82. The zero-order valence-corrected chi connectivity index (χ0v) is 9.49. The van der Waals surface area contributed by atoms with E-state index in [1.807, 2.05) is 0 Å². The number of anilines is 1. The van der Waals surface area contributed by atoms with E-state index in [9.17, 15) is 14.1 Å². The molecule has 17 heavy (non-hydrogen) atoms. The summed E-state index contributed by atoms with van der Waals surface area (Å²) in [5, 5.41) is 3.96. The number of carbonyl (C=O) groups excluding carboxylic acids is 1. The van der Waals surface area contributed by atoms with Crippen molar-refractivity contribution < 1.29 is 13.9 Å². The van der Waals surface area contributed by atoms with Gasteiger partial charge in [-0.3, -0.25) is 4.79 Å². The zero-order chi connectivity index (χ0) is 12.6. The van der Waals surface area contributed by atoms with E-state index >= 15 is 0 Å². The number of ether oxygens (including phenoxy) is 1. The van der Waals surface area contributed by atoms with Gasteiger partial charge in [0.2, 0.25) is 0 Å². The highest BCUT2D eigenvalue weighted by atomic mass is 19.1. The minimum atomic E-state index is -0.526. The van der Waals surface area contributed by atoms with Gasteiger partial charge in [-0.05, 0) is 19.9 Å². The van der Waals surface area contributed by atoms with Gasteiger partial charge in [-0.25, -0.2) is 9.40 Å². The largest absolute Gasteiger partial charge is 0.489 e. The van der Waals surface area contributed by atoms with E-state index in [0.717, 1.165) is 11.1 Å². The number of hydrogen-bond donors (Lipinski definition) is 0. The molecule has 0 radical (unpaired) electrons. The number of fused-ring (bicyclic) bond motifs is 1. The number of Topliss-reactive ketones (excluding diaryl/α,β-unsaturated/α-hetero) is 1. The number of nitrogens with zero attached hydrogens (tertiary/aromatic N) is 2. The highest BCUT2D eigenvalue weighted by Crippen LogP contribution is 2.39. The van der Waals surface area contributed by atoms with E-state index in [1.54, 1.807) is 0 Å². The van der Waals surface area contributed by atoms with Crippen LogP contribution in [0.2, 0.25) is 0 Å². The second kappa shape index (κ2) is 4.12. The molecule has 0 N–H and O–H groups in total. The summed E-state index contributed by atoms with van der Waals surface area (Å²) < 4.78 is 18.9. The van der Waals surface area contributed by atoms with Gasteiger partial charge < -0.3 is 4.74 Å². The highest BCUT2D eigenvalue weighted by Gasteiger charge is 2.27. The molecule has 0 spiro atoms. The smallest absolute Gasteiger partial charge is 0.162 e. The van der Waals surface area contributed by atoms with Gasteiger partial charge in [-0.2, -0.15) is 0 Å². The van der Waals surface area contributed by atoms with Crippen LogP contribution in [0, 0.1) is 17.6 Å². The lowest BCUT2D eigenvalue weighted by molar-refractivity contribution is 0.101. The van der Waals surface area contributed by atoms with Crippen LogP contribution >= 0.6 is 0 Å². The van der Waals surface area contributed by atoms with Gasteiger partial charge in [0.1, 0.15) is 18.1 Å². The van der Waals surface area contributed by atoms with Crippen molar-refractivity contribution in [2.45, 2.75) is 13.8 Å². The van der Waals surface area contributed by atoms with Crippen LogP contribution in [0.15, 0.2) is 11.4 Å². The van der Waals surface area contributed by atoms with Gasteiger partial charge in [0.25, 0.3) is 0 Å². The molecule has 0 amide bonds. The number of benzene rings is 1. The van der Waals surface area contributed by atoms with E-state index in [1.165, 1.54) is 13.8 Å². The van der Waals surface area contributed by atoms with Crippen LogP contribution in [-0.2, 0) is 0 Å². The van der Waals surface area contributed by atoms with Crippen molar-refractivity contribution in [3.63, 3.8) is 0 Å². The van der Waals surface area contributed by atoms with Crippen molar-refractivity contribution in [3.8, 4) is 5.75 Å². The van der Waals surface area contributed by atoms with Crippen molar-refractivity contribution in [2.24, 2.45) is 5.29 Å². The molecule has 0 aliphatic carbocycles. The molecule has 0 fully saturated rings. The first kappa shape index (κ1) is 11.5. The fourth-order valence-electron chi connectivity index (χ4n) is 1.84. The molecule has 0 saturated heterocycles. The first-order valence-electron chi connectivity index (χ1n) is 5.14. The Morgan fingerprint density at radius 3 is 2.88 bits per heavy atom. The number of hydrogen-bond acceptors (Lipinski definition) is 4. The minimum Gasteiger partial charge on any atom is -0.489 e. The van der Waals surface area contributed by atoms with Crippen LogP contribution in [0.5, 0.6) is 5.75 Å². The summed E-state index contributed by atoms with van der Waals surface area (Å²) >= 11 is 0. The number of rotatable bonds is 2. The molecule has 0 unspecified atom stereocenters. The quantitative estimate of drug-likeness (QED) is 0.585. The summed E-state index contributed by atoms with van der Waals surface area (Å²) in [5.41, 5.74) is 0.651. The molecular weight excluding hydrogens is 227 g/mol. The number of ketones is 1. The molecule has 0 aromatic heterocycles. The number of halogens is 1. The lowest BCUT2D eigenvalue weighted by Crippen LogP contribution is -2.30. The van der Waals surface area contributed by atoms with Crippen molar-refractivity contribution in [1.82, 2.24) is 0 Å². The average molecular weight is 238 g/mol. The Balaban J connectivity index is 2.74. The summed E-state index contributed by atoms with van der Waals surface area (Å²) in [4.78, 5) is 22.2. The van der Waals surface area contributed by atoms with E-state index < -0.39 is 5.82 Å². The van der Waals surface area contributed by atoms with E-state index in [4.69, 9.17) is 4.74 Å². The Morgan fingerprint density at radius 1 is 1.59 bits per heavy atom. The van der Waals surface area contributed by atoms with Crippen LogP contribution in [0.1, 0.15) is 22.8 Å². The van der Waals surface area contributed by atoms with E-state index in [0.29, 0.717) is 0 Å². The summed E-state index contributed by atoms with van der Waals surface area (Å²) in [6, 6.07) is 1.11. The Labute approximate surface area is 97.1 Å². The summed E-state index contributed by atoms with van der Waals surface area (Å²) in [6.07, 6.45) is 0. The fraction of sp³-hybridized carbons (Fsp3) is 0.364. The SMILES string of the molecule is CC(=O)c1cc(F)c(C)c2c1N(N=O)CCO2. The lowest BCUT2D eigenvalue weighted by atomic mass is 10.0. The monoisotopic (exact) mass is 238 g/mol. The first-order valence-corrected chi connectivity index (χ1v) is 5.14. The second-order valence-electron chi connectivity index (χ2n) is 3.82. The Morgan fingerprint density at radius 2 is 2.29 bits per heavy atom. The third-order valence-electron chi connectivity index (χ3n) is 2.73. The van der Waals surface area contributed by atoms with Crippen LogP contribution in [0.3, 0.4) is 0 Å². The summed E-state index contributed by atoms with van der Waals surface area (Å²) in [5.74, 6) is -0.637. The van der Waals surface area contributed by atoms with Gasteiger partial charge in [0.15, 0.2) is 11.5 Å². The van der Waals surface area contributed by atoms with Crippen molar-refractivity contribution in [3.05, 3.63) is 27.9 Å². The summed E-state index contributed by atoms with van der Waals surface area (Å²) in [7, 11) is 0. The fourth-order valence-corrected chi connectivity index (χ4v) is 1.84. The maximum absolute atomic E-state index is 13.6. The molecule has 1 heterocycles. The van der Waals surface area contributed by atoms with Crippen molar-refractivity contribution >= 4 is 11.5 Å². The Bertz CT molecular complexity index is 502. The van der Waals surface area contributed by atoms with Crippen molar-refractivity contribution in [1.29, 1.82) is 0 Å². The standard InChI is InChI=1S/C11H11FN2O3/c1-6-9(12)5-8(7(2)15)10-11(6)17-4-3-14(10)13-16/h5H,3-4H2,1-2H3. The maximum atomic E-state index is 13.6. The van der Waals surface area contributed by atoms with Crippen LogP contribution in [0.4, 0.5) is 10.1 Å². The number of nitroso groups, excluding NO2 is 1. The molecule has 5 nitrogen and oxygen atoms in total. The van der Waals surface area contributed by atoms with Crippen molar-refractivity contribution in [2.75, 3.05) is 18.2 Å². The predicted molar refractivity (Wildman–Crippen MR) is 59.8 cm³/mol. The molecule has 2 rings (SSSR count). The molecule has 1 aromatic carbocycles. The first-order chi connectivity index (χ1) is 8.06. The average Bonchev–Trinajstić information content (AvgIpc) is 2.32. The third-order valence-corrected chi connectivity index (χ3v) is 2.73. The molecular formula is C11H11FN2O3. The Hall–Kier alpha value is -1.98. The van der Waals surface area contributed by atoms with E-state index in [2.05, 4.69) is 5.29 Å². The van der Waals surface area contributed by atoms with Gasteiger partial charge in [0.05, 0.1) is 11.8 Å². The van der Waals surface area contributed by atoms with E-state index in [-0.39, 0.29) is 41.5 Å². The molecule has 0 atom stereocenters. The lowest BCUT2D eigenvalue weighted by Gasteiger charge is -2.27. The molecule has 1 aliphatic rings. The molecule has 6 heteroatoms. The maximum Gasteiger partial charge on any atom is 0.162 e. The van der Waals surface area contributed by atoms with Gasteiger partial charge in [-0.15, -0.1) is 4.91 Å². The normalized spacial score (nSPS) is 13.9. The van der Waals surface area contributed by atoms with Gasteiger partial charge >= 0.3 is 0 Å². The Kier molecular flexibility index (Phi) is 2.79. The predicted octanol–water partition coefficient (Wildman–Crippen LogP) is 2.22. The van der Waals surface area contributed by atoms with Gasteiger partial charge in [-0.1, -0.05) is 0 Å². The zero-order valence-electron chi connectivity index (χ0n) is 9.49. The topological polar surface area (TPSA) is 59.0 Å². The van der Waals surface area contributed by atoms with Gasteiger partial charge in [0, 0.05) is 11.1 Å². The number of carbonyl (C=O) groups is 1. The van der Waals surface area contributed by atoms with Crippen LogP contribution in [0.25, 0.3) is 0 Å². The van der Waals surface area contributed by atoms with Crippen LogP contribution < -0.4 is 9.75 Å². The van der Waals surface area contributed by atoms with Crippen LogP contribution in [-0.4, -0.2) is 18.9 Å². The molecule has 0 bridgehead atoms. The summed E-state index contributed by atoms with van der Waals surface area (Å²) in [6.45, 7) is 3.33. The third kappa shape index (κ3) is 1.75. The highest BCUT2D eigenvalue weighted by molar-refractivity contribution is 6.01.